The molecule has 5 heteroatoms. The summed E-state index contributed by atoms with van der Waals surface area (Å²) in [5.74, 6) is -0.135. The topological polar surface area (TPSA) is 63.8 Å². The Kier molecular flexibility index (Phi) is 2.69. The molecule has 1 aliphatic rings. The molecule has 3 N–H and O–H groups in total. The van der Waals surface area contributed by atoms with Gasteiger partial charge >= 0.3 is 0 Å². The Labute approximate surface area is 94.5 Å². The lowest BCUT2D eigenvalue weighted by Crippen LogP contribution is -2.31. The number of nitrogen functional groups attached to an aromatic ring is 1. The molecular formula is C11H17FN4. The molecule has 2 rings (SSSR count). The van der Waals surface area contributed by atoms with Crippen molar-refractivity contribution in [3.05, 3.63) is 12.0 Å². The van der Waals surface area contributed by atoms with E-state index in [0.29, 0.717) is 0 Å². The molecule has 1 atom stereocenters. The highest BCUT2D eigenvalue weighted by Gasteiger charge is 2.35. The van der Waals surface area contributed by atoms with E-state index in [9.17, 15) is 4.39 Å². The van der Waals surface area contributed by atoms with Gasteiger partial charge < -0.3 is 11.1 Å². The normalized spacial score (nSPS) is 23.3. The van der Waals surface area contributed by atoms with Gasteiger partial charge in [0.15, 0.2) is 11.6 Å². The van der Waals surface area contributed by atoms with Gasteiger partial charge in [0.1, 0.15) is 0 Å². The molecular weight excluding hydrogens is 207 g/mol. The van der Waals surface area contributed by atoms with Crippen LogP contribution < -0.4 is 11.1 Å². The first-order chi connectivity index (χ1) is 7.49. The van der Waals surface area contributed by atoms with E-state index in [2.05, 4.69) is 29.1 Å². The molecule has 1 unspecified atom stereocenters. The number of rotatable bonds is 2. The highest BCUT2D eigenvalue weighted by Crippen LogP contribution is 2.38. The van der Waals surface area contributed by atoms with Gasteiger partial charge in [-0.05, 0) is 18.3 Å². The minimum atomic E-state index is -0.447. The van der Waals surface area contributed by atoms with Crippen molar-refractivity contribution in [2.24, 2.45) is 5.41 Å². The molecule has 16 heavy (non-hydrogen) atoms. The highest BCUT2D eigenvalue weighted by molar-refractivity contribution is 5.40. The maximum absolute atomic E-state index is 13.4. The van der Waals surface area contributed by atoms with Crippen molar-refractivity contribution in [1.82, 2.24) is 9.97 Å². The van der Waals surface area contributed by atoms with Crippen LogP contribution in [0.1, 0.15) is 33.1 Å². The quantitative estimate of drug-likeness (QED) is 0.808. The first kappa shape index (κ1) is 11.1. The van der Waals surface area contributed by atoms with E-state index in [4.69, 9.17) is 5.73 Å². The van der Waals surface area contributed by atoms with Crippen molar-refractivity contribution in [3.63, 3.8) is 0 Å². The van der Waals surface area contributed by atoms with Crippen molar-refractivity contribution >= 4 is 11.8 Å². The number of hydrogen-bond acceptors (Lipinski definition) is 4. The Bertz CT molecular complexity index is 392. The van der Waals surface area contributed by atoms with Gasteiger partial charge in [0.2, 0.25) is 5.95 Å². The molecule has 1 saturated carbocycles. The van der Waals surface area contributed by atoms with Crippen LogP contribution in [0.15, 0.2) is 6.20 Å². The van der Waals surface area contributed by atoms with Crippen LogP contribution >= 0.6 is 0 Å². The summed E-state index contributed by atoms with van der Waals surface area (Å²) < 4.78 is 13.4. The lowest BCUT2D eigenvalue weighted by Gasteiger charge is -2.28. The van der Waals surface area contributed by atoms with Crippen LogP contribution in [0.5, 0.6) is 0 Å². The van der Waals surface area contributed by atoms with E-state index in [1.807, 2.05) is 0 Å². The molecule has 1 heterocycles. The van der Waals surface area contributed by atoms with Gasteiger partial charge in [0.25, 0.3) is 0 Å². The zero-order valence-corrected chi connectivity index (χ0v) is 9.63. The van der Waals surface area contributed by atoms with E-state index >= 15 is 0 Å². The molecule has 0 radical (unpaired) electrons. The number of aromatic nitrogens is 2. The smallest absolute Gasteiger partial charge is 0.222 e. The van der Waals surface area contributed by atoms with E-state index in [1.165, 1.54) is 0 Å². The van der Waals surface area contributed by atoms with Gasteiger partial charge in [0, 0.05) is 6.04 Å². The maximum Gasteiger partial charge on any atom is 0.222 e. The van der Waals surface area contributed by atoms with Gasteiger partial charge in [-0.2, -0.15) is 4.98 Å². The number of hydrogen-bond donors (Lipinski definition) is 2. The number of nitrogens with zero attached hydrogens (tertiary/aromatic N) is 2. The minimum Gasteiger partial charge on any atom is -0.368 e. The van der Waals surface area contributed by atoms with Gasteiger partial charge in [-0.1, -0.05) is 20.3 Å². The monoisotopic (exact) mass is 224 g/mol. The molecule has 1 fully saturated rings. The largest absolute Gasteiger partial charge is 0.368 e. The fourth-order valence-electron chi connectivity index (χ4n) is 2.24. The van der Waals surface area contributed by atoms with Crippen molar-refractivity contribution in [2.75, 3.05) is 11.1 Å². The van der Waals surface area contributed by atoms with Crippen LogP contribution in [0.2, 0.25) is 0 Å². The Balaban J connectivity index is 2.17. The first-order valence-corrected chi connectivity index (χ1v) is 5.53. The number of nitrogens with two attached hydrogens (primary N) is 1. The number of halogens is 1. The third kappa shape index (κ3) is 2.08. The second kappa shape index (κ2) is 3.88. The van der Waals surface area contributed by atoms with Gasteiger partial charge in [-0.25, -0.2) is 9.37 Å². The lowest BCUT2D eigenvalue weighted by atomic mass is 9.87. The molecule has 0 amide bonds. The van der Waals surface area contributed by atoms with Gasteiger partial charge in [0.05, 0.1) is 6.20 Å². The van der Waals surface area contributed by atoms with Crippen LogP contribution in [-0.2, 0) is 0 Å². The van der Waals surface area contributed by atoms with Gasteiger partial charge in [-0.3, -0.25) is 0 Å². The second-order valence-electron chi connectivity index (χ2n) is 5.00. The SMILES string of the molecule is CC1(C)CCCC1Nc1nc(N)ncc1F. The maximum atomic E-state index is 13.4. The summed E-state index contributed by atoms with van der Waals surface area (Å²) in [5.41, 5.74) is 5.61. The molecule has 0 aliphatic heterocycles. The Hall–Kier alpha value is -1.39. The molecule has 0 saturated heterocycles. The summed E-state index contributed by atoms with van der Waals surface area (Å²) >= 11 is 0. The summed E-state index contributed by atoms with van der Waals surface area (Å²) in [6.07, 6.45) is 4.45. The van der Waals surface area contributed by atoms with Crippen molar-refractivity contribution in [2.45, 2.75) is 39.2 Å². The fourth-order valence-corrected chi connectivity index (χ4v) is 2.24. The molecule has 0 bridgehead atoms. The Morgan fingerprint density at radius 1 is 1.56 bits per heavy atom. The van der Waals surface area contributed by atoms with E-state index < -0.39 is 5.82 Å². The molecule has 0 spiro atoms. The average Bonchev–Trinajstić information content (AvgIpc) is 2.52. The molecule has 0 aromatic carbocycles. The highest BCUT2D eigenvalue weighted by atomic mass is 19.1. The van der Waals surface area contributed by atoms with E-state index in [0.717, 1.165) is 25.5 Å². The summed E-state index contributed by atoms with van der Waals surface area (Å²) in [6, 6.07) is 0.247. The fraction of sp³-hybridized carbons (Fsp3) is 0.636. The van der Waals surface area contributed by atoms with Crippen LogP contribution in [0.25, 0.3) is 0 Å². The predicted molar refractivity (Wildman–Crippen MR) is 61.4 cm³/mol. The van der Waals surface area contributed by atoms with Crippen molar-refractivity contribution < 1.29 is 4.39 Å². The molecule has 88 valence electrons. The molecule has 1 aromatic heterocycles. The van der Waals surface area contributed by atoms with Gasteiger partial charge in [-0.15, -0.1) is 0 Å². The lowest BCUT2D eigenvalue weighted by molar-refractivity contribution is 0.348. The zero-order valence-electron chi connectivity index (χ0n) is 9.63. The summed E-state index contributed by atoms with van der Waals surface area (Å²) in [4.78, 5) is 7.48. The second-order valence-corrected chi connectivity index (χ2v) is 5.00. The number of anilines is 2. The van der Waals surface area contributed by atoms with Crippen LogP contribution in [0.3, 0.4) is 0 Å². The van der Waals surface area contributed by atoms with E-state index in [-0.39, 0.29) is 23.2 Å². The average molecular weight is 224 g/mol. The molecule has 1 aliphatic carbocycles. The van der Waals surface area contributed by atoms with Crippen LogP contribution in [0, 0.1) is 11.2 Å². The first-order valence-electron chi connectivity index (χ1n) is 5.53. The Morgan fingerprint density at radius 2 is 2.31 bits per heavy atom. The third-order valence-electron chi connectivity index (χ3n) is 3.33. The van der Waals surface area contributed by atoms with Crippen LogP contribution in [-0.4, -0.2) is 16.0 Å². The standard InChI is InChI=1S/C11H17FN4/c1-11(2)5-3-4-8(11)15-9-7(12)6-14-10(13)16-9/h6,8H,3-5H2,1-2H3,(H3,13,14,15,16). The summed E-state index contributed by atoms with van der Waals surface area (Å²) in [7, 11) is 0. The summed E-state index contributed by atoms with van der Waals surface area (Å²) in [5, 5.41) is 3.13. The number of nitrogens with one attached hydrogen (secondary N) is 1. The molecule has 4 nitrogen and oxygen atoms in total. The molecule has 1 aromatic rings. The van der Waals surface area contributed by atoms with Crippen molar-refractivity contribution in [3.8, 4) is 0 Å². The summed E-state index contributed by atoms with van der Waals surface area (Å²) in [6.45, 7) is 4.36. The third-order valence-corrected chi connectivity index (χ3v) is 3.33. The predicted octanol–water partition coefficient (Wildman–Crippen LogP) is 2.19. The minimum absolute atomic E-state index is 0.0969. The van der Waals surface area contributed by atoms with Crippen LogP contribution in [0.4, 0.5) is 16.2 Å². The van der Waals surface area contributed by atoms with Crippen molar-refractivity contribution in [1.29, 1.82) is 0 Å². The zero-order chi connectivity index (χ0) is 11.8. The van der Waals surface area contributed by atoms with E-state index in [1.54, 1.807) is 0 Å². The Morgan fingerprint density at radius 3 is 2.94 bits per heavy atom.